The largest absolute Gasteiger partial charge is 0.484 e. The normalized spacial score (nSPS) is 11.0. The van der Waals surface area contributed by atoms with Crippen LogP contribution in [0.2, 0.25) is 0 Å². The highest BCUT2D eigenvalue weighted by Gasteiger charge is 2.13. The first-order valence-electron chi connectivity index (χ1n) is 9.22. The molecule has 5 heteroatoms. The minimum atomic E-state index is -0.302. The second kappa shape index (κ2) is 8.57. The molecule has 0 saturated heterocycles. The fraction of sp³-hybridized carbons (Fsp3) is 0.217. The van der Waals surface area contributed by atoms with Gasteiger partial charge in [0.1, 0.15) is 5.75 Å². The molecule has 0 unspecified atom stereocenters. The van der Waals surface area contributed by atoms with Crippen LogP contribution in [0, 0.1) is 27.7 Å². The van der Waals surface area contributed by atoms with Gasteiger partial charge in [0.05, 0.1) is 11.9 Å². The van der Waals surface area contributed by atoms with Crippen LogP contribution in [0.25, 0.3) is 5.69 Å². The van der Waals surface area contributed by atoms with Crippen LogP contribution in [-0.2, 0) is 4.79 Å². The van der Waals surface area contributed by atoms with E-state index in [1.54, 1.807) is 18.3 Å². The summed E-state index contributed by atoms with van der Waals surface area (Å²) in [5.74, 6) is 0.349. The minimum Gasteiger partial charge on any atom is -0.484 e. The van der Waals surface area contributed by atoms with E-state index in [2.05, 4.69) is 67.1 Å². The number of hydrogen-bond acceptors (Lipinski definition) is 3. The fourth-order valence-electron chi connectivity index (χ4n) is 3.29. The topological polar surface area (TPSA) is 55.6 Å². The van der Waals surface area contributed by atoms with Gasteiger partial charge in [-0.05, 0) is 57.0 Å². The average molecular weight is 375 g/mol. The summed E-state index contributed by atoms with van der Waals surface area (Å²) in [6.45, 7) is 8.27. The van der Waals surface area contributed by atoms with E-state index in [1.165, 1.54) is 16.8 Å². The summed E-state index contributed by atoms with van der Waals surface area (Å²) >= 11 is 0. The smallest absolute Gasteiger partial charge is 0.277 e. The standard InChI is InChI=1S/C23H25N3O2/c1-16-9-8-10-17(2)23(16)26-18(3)13-20(19(26)4)14-24-25-22(27)15-28-21-11-6-5-7-12-21/h5-14H,15H2,1-4H3,(H,25,27). The Bertz CT molecular complexity index is 984. The molecule has 3 rings (SSSR count). The molecule has 0 saturated carbocycles. The van der Waals surface area contributed by atoms with Crippen LogP contribution in [-0.4, -0.2) is 23.3 Å². The van der Waals surface area contributed by atoms with Crippen LogP contribution in [0.15, 0.2) is 59.7 Å². The lowest BCUT2D eigenvalue weighted by atomic mass is 10.1. The summed E-state index contributed by atoms with van der Waals surface area (Å²) < 4.78 is 7.64. The monoisotopic (exact) mass is 375 g/mol. The Hall–Kier alpha value is -3.34. The highest BCUT2D eigenvalue weighted by Crippen LogP contribution is 2.25. The second-order valence-corrected chi connectivity index (χ2v) is 6.80. The van der Waals surface area contributed by atoms with Crippen molar-refractivity contribution in [2.24, 2.45) is 5.10 Å². The van der Waals surface area contributed by atoms with Crippen molar-refractivity contribution in [2.45, 2.75) is 27.7 Å². The summed E-state index contributed by atoms with van der Waals surface area (Å²) in [7, 11) is 0. The van der Waals surface area contributed by atoms with E-state index < -0.39 is 0 Å². The van der Waals surface area contributed by atoms with Gasteiger partial charge in [0, 0.05) is 17.0 Å². The first-order valence-corrected chi connectivity index (χ1v) is 9.22. The van der Waals surface area contributed by atoms with Gasteiger partial charge in [-0.2, -0.15) is 5.10 Å². The van der Waals surface area contributed by atoms with E-state index in [9.17, 15) is 4.79 Å². The number of nitrogens with one attached hydrogen (secondary N) is 1. The fourth-order valence-corrected chi connectivity index (χ4v) is 3.29. The minimum absolute atomic E-state index is 0.0806. The van der Waals surface area contributed by atoms with Crippen molar-refractivity contribution in [3.05, 3.63) is 82.7 Å². The molecule has 0 aliphatic carbocycles. The lowest BCUT2D eigenvalue weighted by Crippen LogP contribution is -2.24. The maximum atomic E-state index is 11.9. The molecular weight excluding hydrogens is 350 g/mol. The summed E-state index contributed by atoms with van der Waals surface area (Å²) in [5.41, 5.74) is 9.31. The van der Waals surface area contributed by atoms with Crippen molar-refractivity contribution in [1.82, 2.24) is 9.99 Å². The average Bonchev–Trinajstić information content (AvgIpc) is 2.95. The Balaban J connectivity index is 1.69. The van der Waals surface area contributed by atoms with Crippen molar-refractivity contribution in [3.8, 4) is 11.4 Å². The molecule has 0 radical (unpaired) electrons. The second-order valence-electron chi connectivity index (χ2n) is 6.80. The van der Waals surface area contributed by atoms with Crippen LogP contribution in [0.5, 0.6) is 5.75 Å². The SMILES string of the molecule is Cc1cccc(C)c1-n1c(C)cc(C=NNC(=O)COc2ccccc2)c1C. The third-order valence-electron chi connectivity index (χ3n) is 4.64. The Morgan fingerprint density at radius 3 is 2.39 bits per heavy atom. The number of aromatic nitrogens is 1. The van der Waals surface area contributed by atoms with Crippen molar-refractivity contribution in [2.75, 3.05) is 6.61 Å². The third kappa shape index (κ3) is 4.31. The lowest BCUT2D eigenvalue weighted by Gasteiger charge is -2.15. The van der Waals surface area contributed by atoms with Crippen molar-refractivity contribution < 1.29 is 9.53 Å². The Morgan fingerprint density at radius 1 is 1.04 bits per heavy atom. The Kier molecular flexibility index (Phi) is 5.94. The molecule has 1 aromatic heterocycles. The lowest BCUT2D eigenvalue weighted by molar-refractivity contribution is -0.123. The Labute approximate surface area is 165 Å². The molecular formula is C23H25N3O2. The number of carbonyl (C=O) groups excluding carboxylic acids is 1. The molecule has 0 bridgehead atoms. The number of carbonyl (C=O) groups is 1. The number of benzene rings is 2. The van der Waals surface area contributed by atoms with Gasteiger partial charge in [-0.3, -0.25) is 4.79 Å². The molecule has 0 atom stereocenters. The molecule has 0 aliphatic heterocycles. The van der Waals surface area contributed by atoms with Crippen LogP contribution in [0.3, 0.4) is 0 Å². The molecule has 5 nitrogen and oxygen atoms in total. The Morgan fingerprint density at radius 2 is 1.71 bits per heavy atom. The zero-order valence-corrected chi connectivity index (χ0v) is 16.7. The zero-order valence-electron chi connectivity index (χ0n) is 16.7. The number of para-hydroxylation sites is 2. The molecule has 0 aliphatic rings. The van der Waals surface area contributed by atoms with Crippen molar-refractivity contribution >= 4 is 12.1 Å². The highest BCUT2D eigenvalue weighted by molar-refractivity contribution is 5.84. The van der Waals surface area contributed by atoms with Crippen LogP contribution >= 0.6 is 0 Å². The van der Waals surface area contributed by atoms with Gasteiger partial charge in [0.15, 0.2) is 6.61 Å². The number of nitrogens with zero attached hydrogens (tertiary/aromatic N) is 2. The third-order valence-corrected chi connectivity index (χ3v) is 4.64. The van der Waals surface area contributed by atoms with Crippen LogP contribution < -0.4 is 10.2 Å². The molecule has 1 N–H and O–H groups in total. The van der Waals surface area contributed by atoms with E-state index in [0.29, 0.717) is 5.75 Å². The maximum absolute atomic E-state index is 11.9. The van der Waals surface area contributed by atoms with Gasteiger partial charge >= 0.3 is 0 Å². The molecule has 0 spiro atoms. The summed E-state index contributed by atoms with van der Waals surface area (Å²) in [4.78, 5) is 11.9. The van der Waals surface area contributed by atoms with E-state index in [4.69, 9.17) is 4.74 Å². The number of hydrazone groups is 1. The molecule has 0 fully saturated rings. The van der Waals surface area contributed by atoms with Crippen LogP contribution in [0.4, 0.5) is 0 Å². The van der Waals surface area contributed by atoms with Crippen LogP contribution in [0.1, 0.15) is 28.1 Å². The summed E-state index contributed by atoms with van der Waals surface area (Å²) in [6, 6.07) is 17.6. The van der Waals surface area contributed by atoms with E-state index in [-0.39, 0.29) is 12.5 Å². The predicted octanol–water partition coefficient (Wildman–Crippen LogP) is 4.24. The van der Waals surface area contributed by atoms with Gasteiger partial charge in [-0.1, -0.05) is 36.4 Å². The highest BCUT2D eigenvalue weighted by atomic mass is 16.5. The number of hydrogen-bond donors (Lipinski definition) is 1. The molecule has 28 heavy (non-hydrogen) atoms. The van der Waals surface area contributed by atoms with E-state index in [1.807, 2.05) is 18.2 Å². The molecule has 3 aromatic rings. The summed E-state index contributed by atoms with van der Waals surface area (Å²) in [5, 5.41) is 4.09. The molecule has 1 amide bonds. The summed E-state index contributed by atoms with van der Waals surface area (Å²) in [6.07, 6.45) is 1.67. The van der Waals surface area contributed by atoms with Gasteiger partial charge in [0.25, 0.3) is 5.91 Å². The van der Waals surface area contributed by atoms with Crippen molar-refractivity contribution in [3.63, 3.8) is 0 Å². The van der Waals surface area contributed by atoms with Gasteiger partial charge in [-0.25, -0.2) is 5.43 Å². The van der Waals surface area contributed by atoms with Gasteiger partial charge in [-0.15, -0.1) is 0 Å². The number of aryl methyl sites for hydroxylation is 3. The van der Waals surface area contributed by atoms with Crippen molar-refractivity contribution in [1.29, 1.82) is 0 Å². The van der Waals surface area contributed by atoms with E-state index in [0.717, 1.165) is 17.0 Å². The van der Waals surface area contributed by atoms with E-state index >= 15 is 0 Å². The number of rotatable bonds is 6. The van der Waals surface area contributed by atoms with Gasteiger partial charge in [0.2, 0.25) is 0 Å². The number of amides is 1. The predicted molar refractivity (Wildman–Crippen MR) is 112 cm³/mol. The number of ether oxygens (including phenoxy) is 1. The quantitative estimate of drug-likeness (QED) is 0.517. The molecule has 2 aromatic carbocycles. The molecule has 144 valence electrons. The first kappa shape index (κ1) is 19.4. The first-order chi connectivity index (χ1) is 13.5. The zero-order chi connectivity index (χ0) is 20.1. The van der Waals surface area contributed by atoms with Gasteiger partial charge < -0.3 is 9.30 Å². The molecule has 1 heterocycles. The maximum Gasteiger partial charge on any atom is 0.277 e.